The summed E-state index contributed by atoms with van der Waals surface area (Å²) < 4.78 is 1.15. The van der Waals surface area contributed by atoms with Crippen LogP contribution in [-0.4, -0.2) is 11.5 Å². The van der Waals surface area contributed by atoms with Gasteiger partial charge in [0, 0.05) is 28.8 Å². The van der Waals surface area contributed by atoms with Crippen LogP contribution in [0.25, 0.3) is 0 Å². The van der Waals surface area contributed by atoms with E-state index in [9.17, 15) is 0 Å². The van der Waals surface area contributed by atoms with Crippen molar-refractivity contribution in [3.05, 3.63) is 64.4 Å². The number of likely N-dealkylation sites (N-methyl/N-ethyl adjacent to an activating group) is 1. The van der Waals surface area contributed by atoms with Gasteiger partial charge in [0.05, 0.1) is 0 Å². The summed E-state index contributed by atoms with van der Waals surface area (Å²) in [5.41, 5.74) is 2.60. The Morgan fingerprint density at radius 3 is 2.47 bits per heavy atom. The van der Waals surface area contributed by atoms with Crippen LogP contribution in [0.4, 0.5) is 0 Å². The minimum Gasteiger partial charge on any atom is -0.310 e. The second-order valence-corrected chi connectivity index (χ2v) is 5.48. The first kappa shape index (κ1) is 14.2. The number of benzene rings is 1. The molecule has 3 heteroatoms. The van der Waals surface area contributed by atoms with Crippen molar-refractivity contribution in [2.45, 2.75) is 25.8 Å². The highest BCUT2D eigenvalue weighted by molar-refractivity contribution is 9.10. The minimum atomic E-state index is 0.294. The van der Waals surface area contributed by atoms with Crippen LogP contribution in [0.15, 0.2) is 53.3 Å². The highest BCUT2D eigenvalue weighted by Crippen LogP contribution is 2.34. The Hall–Kier alpha value is -1.19. The summed E-state index contributed by atoms with van der Waals surface area (Å²) in [5.74, 6) is 0.390. The van der Waals surface area contributed by atoms with E-state index in [0.29, 0.717) is 12.0 Å². The lowest BCUT2D eigenvalue weighted by Gasteiger charge is -2.26. The van der Waals surface area contributed by atoms with Crippen molar-refractivity contribution in [2.75, 3.05) is 6.54 Å². The zero-order valence-corrected chi connectivity index (χ0v) is 12.9. The zero-order valence-electron chi connectivity index (χ0n) is 11.3. The number of hydrogen-bond acceptors (Lipinski definition) is 2. The van der Waals surface area contributed by atoms with E-state index in [2.05, 4.69) is 70.4 Å². The quantitative estimate of drug-likeness (QED) is 0.889. The van der Waals surface area contributed by atoms with Gasteiger partial charge >= 0.3 is 0 Å². The van der Waals surface area contributed by atoms with Gasteiger partial charge < -0.3 is 5.32 Å². The fourth-order valence-electron chi connectivity index (χ4n) is 2.36. The Balaban J connectivity index is 2.33. The van der Waals surface area contributed by atoms with Crippen molar-refractivity contribution in [2.24, 2.45) is 0 Å². The van der Waals surface area contributed by atoms with E-state index in [0.717, 1.165) is 11.0 Å². The van der Waals surface area contributed by atoms with E-state index in [-0.39, 0.29) is 0 Å². The molecule has 2 unspecified atom stereocenters. The molecule has 0 bridgehead atoms. The molecular formula is C16H19BrN2. The van der Waals surface area contributed by atoms with Crippen molar-refractivity contribution in [3.8, 4) is 0 Å². The van der Waals surface area contributed by atoms with Crippen molar-refractivity contribution < 1.29 is 0 Å². The molecule has 1 aromatic heterocycles. The molecule has 1 aromatic carbocycles. The maximum Gasteiger partial charge on any atom is 0.0398 e. The third-order valence-corrected chi connectivity index (χ3v) is 4.12. The fourth-order valence-corrected chi connectivity index (χ4v) is 2.89. The molecule has 0 fully saturated rings. The summed E-state index contributed by atoms with van der Waals surface area (Å²) in [4.78, 5) is 4.09. The Bertz CT molecular complexity index is 513. The van der Waals surface area contributed by atoms with Crippen LogP contribution in [0.5, 0.6) is 0 Å². The minimum absolute atomic E-state index is 0.294. The molecule has 0 spiro atoms. The van der Waals surface area contributed by atoms with E-state index >= 15 is 0 Å². The predicted octanol–water partition coefficient (Wildman–Crippen LogP) is 4.30. The van der Waals surface area contributed by atoms with Crippen LogP contribution in [0.2, 0.25) is 0 Å². The molecule has 1 heterocycles. The van der Waals surface area contributed by atoms with E-state index < -0.39 is 0 Å². The summed E-state index contributed by atoms with van der Waals surface area (Å²) in [6.07, 6.45) is 3.71. The molecule has 0 aliphatic rings. The van der Waals surface area contributed by atoms with Crippen LogP contribution in [0, 0.1) is 0 Å². The molecular weight excluding hydrogens is 300 g/mol. The highest BCUT2D eigenvalue weighted by atomic mass is 79.9. The van der Waals surface area contributed by atoms with Gasteiger partial charge in [-0.3, -0.25) is 4.98 Å². The summed E-state index contributed by atoms with van der Waals surface area (Å²) in [7, 11) is 0. The molecule has 2 nitrogen and oxygen atoms in total. The van der Waals surface area contributed by atoms with Gasteiger partial charge in [0.1, 0.15) is 0 Å². The second kappa shape index (κ2) is 6.83. The lowest BCUT2D eigenvalue weighted by molar-refractivity contribution is 0.477. The molecule has 2 atom stereocenters. The highest BCUT2D eigenvalue weighted by Gasteiger charge is 2.21. The van der Waals surface area contributed by atoms with Crippen molar-refractivity contribution in [1.29, 1.82) is 0 Å². The van der Waals surface area contributed by atoms with E-state index in [1.165, 1.54) is 11.1 Å². The third-order valence-electron chi connectivity index (χ3n) is 3.40. The number of nitrogens with one attached hydrogen (secondary N) is 1. The van der Waals surface area contributed by atoms with Gasteiger partial charge in [-0.2, -0.15) is 0 Å². The van der Waals surface area contributed by atoms with Gasteiger partial charge in [0.25, 0.3) is 0 Å². The molecule has 100 valence electrons. The number of rotatable bonds is 5. The molecule has 0 aliphatic carbocycles. The first-order chi connectivity index (χ1) is 9.24. The van der Waals surface area contributed by atoms with E-state index in [1.807, 2.05) is 18.5 Å². The lowest BCUT2D eigenvalue weighted by atomic mass is 9.89. The molecule has 0 saturated heterocycles. The lowest BCUT2D eigenvalue weighted by Crippen LogP contribution is -2.26. The Morgan fingerprint density at radius 1 is 1.16 bits per heavy atom. The number of aromatic nitrogens is 1. The van der Waals surface area contributed by atoms with Crippen molar-refractivity contribution in [3.63, 3.8) is 0 Å². The zero-order chi connectivity index (χ0) is 13.7. The predicted molar refractivity (Wildman–Crippen MR) is 83.2 cm³/mol. The van der Waals surface area contributed by atoms with Crippen LogP contribution < -0.4 is 5.32 Å². The summed E-state index contributed by atoms with van der Waals surface area (Å²) in [6.45, 7) is 5.34. The van der Waals surface area contributed by atoms with E-state index in [1.54, 1.807) is 0 Å². The van der Waals surface area contributed by atoms with Crippen molar-refractivity contribution in [1.82, 2.24) is 10.3 Å². The molecule has 2 aromatic rings. The third kappa shape index (κ3) is 3.43. The molecule has 1 N–H and O–H groups in total. The molecule has 2 rings (SSSR count). The molecule has 0 saturated carbocycles. The summed E-state index contributed by atoms with van der Waals surface area (Å²) in [5, 5.41) is 3.59. The van der Waals surface area contributed by atoms with Gasteiger partial charge in [0.2, 0.25) is 0 Å². The first-order valence-electron chi connectivity index (χ1n) is 6.61. The number of halogens is 1. The number of pyridine rings is 1. The monoisotopic (exact) mass is 318 g/mol. The maximum absolute atomic E-state index is 4.09. The van der Waals surface area contributed by atoms with Crippen LogP contribution in [0.3, 0.4) is 0 Å². The number of hydrogen-bond donors (Lipinski definition) is 1. The van der Waals surface area contributed by atoms with Crippen molar-refractivity contribution >= 4 is 15.9 Å². The van der Waals surface area contributed by atoms with Gasteiger partial charge in [-0.15, -0.1) is 0 Å². The molecule has 0 aliphatic heterocycles. The Kier molecular flexibility index (Phi) is 5.11. The second-order valence-electron chi connectivity index (χ2n) is 4.63. The summed E-state index contributed by atoms with van der Waals surface area (Å²) in [6, 6.07) is 12.9. The van der Waals surface area contributed by atoms with Gasteiger partial charge in [-0.1, -0.05) is 48.0 Å². The summed E-state index contributed by atoms with van der Waals surface area (Å²) >= 11 is 3.66. The topological polar surface area (TPSA) is 24.9 Å². The van der Waals surface area contributed by atoms with Crippen LogP contribution in [0.1, 0.15) is 36.9 Å². The Labute approximate surface area is 123 Å². The normalized spacial score (nSPS) is 14.1. The van der Waals surface area contributed by atoms with Gasteiger partial charge in [-0.05, 0) is 35.9 Å². The molecule has 0 radical (unpaired) electrons. The van der Waals surface area contributed by atoms with Gasteiger partial charge in [-0.25, -0.2) is 0 Å². The Morgan fingerprint density at radius 2 is 1.84 bits per heavy atom. The maximum atomic E-state index is 4.09. The number of nitrogens with zero attached hydrogens (tertiary/aromatic N) is 1. The van der Waals surface area contributed by atoms with E-state index in [4.69, 9.17) is 0 Å². The average molecular weight is 319 g/mol. The average Bonchev–Trinajstić information content (AvgIpc) is 2.46. The first-order valence-corrected chi connectivity index (χ1v) is 7.41. The standard InChI is InChI=1S/C16H19BrN2/c1-3-19-16(14-6-4-5-7-15(14)17)12(2)13-8-10-18-11-9-13/h4-12,16,19H,3H2,1-2H3. The smallest absolute Gasteiger partial charge is 0.0398 e. The van der Waals surface area contributed by atoms with Crippen LogP contribution in [-0.2, 0) is 0 Å². The fraction of sp³-hybridized carbons (Fsp3) is 0.312. The molecule has 0 amide bonds. The molecule has 19 heavy (non-hydrogen) atoms. The largest absolute Gasteiger partial charge is 0.310 e. The van der Waals surface area contributed by atoms with Crippen LogP contribution >= 0.6 is 15.9 Å². The SMILES string of the molecule is CCNC(c1ccccc1Br)C(C)c1ccncc1. The van der Waals surface area contributed by atoms with Gasteiger partial charge in [0.15, 0.2) is 0 Å².